The van der Waals surface area contributed by atoms with Gasteiger partial charge in [0.05, 0.1) is 0 Å². The number of carbonyl (C=O) groups excluding carboxylic acids is 1. The van der Waals surface area contributed by atoms with Gasteiger partial charge in [-0.15, -0.1) is 0 Å². The second kappa shape index (κ2) is 8.96. The van der Waals surface area contributed by atoms with Crippen molar-refractivity contribution >= 4 is 11.9 Å². The van der Waals surface area contributed by atoms with E-state index in [1.165, 1.54) is 44.9 Å². The first-order valence-electron chi connectivity index (χ1n) is 15.4. The van der Waals surface area contributed by atoms with Crippen LogP contribution in [0.25, 0.3) is 0 Å². The average Bonchev–Trinajstić information content (AvgIpc) is 2.83. The van der Waals surface area contributed by atoms with Gasteiger partial charge in [0.2, 0.25) is 0 Å². The predicted molar refractivity (Wildman–Crippen MR) is 151 cm³/mol. The number of carbonyl (C=O) groups is 2. The summed E-state index contributed by atoms with van der Waals surface area (Å²) in [4.78, 5) is 23.3. The first-order valence-corrected chi connectivity index (χ1v) is 15.4. The summed E-state index contributed by atoms with van der Waals surface area (Å²) in [6, 6.07) is 0. The lowest BCUT2D eigenvalue weighted by atomic mass is 9.33. The molecule has 0 aromatic rings. The minimum atomic E-state index is -1.12. The number of allylic oxidation sites excluding steroid dienone is 2. The summed E-state index contributed by atoms with van der Waals surface area (Å²) in [7, 11) is 0. The Balaban J connectivity index is 1.46. The van der Waals surface area contributed by atoms with Crippen LogP contribution >= 0.6 is 0 Å². The van der Waals surface area contributed by atoms with Gasteiger partial charge in [0.25, 0.3) is 0 Å². The third-order valence-corrected chi connectivity index (χ3v) is 14.0. The van der Waals surface area contributed by atoms with Gasteiger partial charge in [-0.2, -0.15) is 0 Å². The molecule has 4 heteroatoms. The molecule has 0 aliphatic heterocycles. The number of hydrogen-bond acceptors (Lipinski definition) is 3. The number of esters is 1. The van der Waals surface area contributed by atoms with Crippen molar-refractivity contribution in [2.24, 2.45) is 56.7 Å². The molecule has 4 saturated carbocycles. The molecule has 4 fully saturated rings. The number of fused-ring (bicyclic) bond motifs is 7. The molecule has 10 atom stereocenters. The largest absolute Gasteiger partial charge is 0.478 e. The van der Waals surface area contributed by atoms with Crippen molar-refractivity contribution in [3.05, 3.63) is 23.8 Å². The van der Waals surface area contributed by atoms with Gasteiger partial charge in [-0.25, -0.2) is 9.59 Å². The van der Waals surface area contributed by atoms with E-state index in [0.717, 1.165) is 42.7 Å². The molecule has 38 heavy (non-hydrogen) atoms. The number of rotatable bonds is 3. The fraction of sp³-hybridized carbons (Fsp3) is 0.824. The van der Waals surface area contributed by atoms with Crippen molar-refractivity contribution in [2.75, 3.05) is 0 Å². The van der Waals surface area contributed by atoms with Crippen molar-refractivity contribution in [2.45, 2.75) is 119 Å². The average molecular weight is 525 g/mol. The van der Waals surface area contributed by atoms with Crippen LogP contribution in [0, 0.1) is 56.7 Å². The molecular formula is C34H52O4. The number of aliphatic carboxylic acids is 1. The van der Waals surface area contributed by atoms with Crippen LogP contribution in [0.5, 0.6) is 0 Å². The summed E-state index contributed by atoms with van der Waals surface area (Å²) in [6.45, 7) is 20.1. The minimum Gasteiger partial charge on any atom is -0.478 e. The summed E-state index contributed by atoms with van der Waals surface area (Å²) >= 11 is 0. The Morgan fingerprint density at radius 1 is 0.895 bits per heavy atom. The summed E-state index contributed by atoms with van der Waals surface area (Å²) < 4.78 is 5.91. The highest BCUT2D eigenvalue weighted by Gasteiger charge is 2.68. The molecule has 0 bridgehead atoms. The zero-order valence-corrected chi connectivity index (χ0v) is 25.2. The first-order chi connectivity index (χ1) is 17.6. The topological polar surface area (TPSA) is 63.6 Å². The highest BCUT2D eigenvalue weighted by atomic mass is 16.5. The van der Waals surface area contributed by atoms with Crippen LogP contribution in [-0.2, 0) is 14.3 Å². The Kier molecular flexibility index (Phi) is 6.60. The predicted octanol–water partition coefficient (Wildman–Crippen LogP) is 8.22. The van der Waals surface area contributed by atoms with Crippen LogP contribution in [0.3, 0.4) is 0 Å². The summed E-state index contributed by atoms with van der Waals surface area (Å²) in [6.07, 6.45) is 15.5. The maximum absolute atomic E-state index is 12.4. The van der Waals surface area contributed by atoms with Crippen LogP contribution in [0.1, 0.15) is 113 Å². The Hall–Kier alpha value is -1.58. The number of hydrogen-bond donors (Lipinski definition) is 1. The number of carboxylic acids is 1. The van der Waals surface area contributed by atoms with Crippen LogP contribution in [0.4, 0.5) is 0 Å². The molecule has 0 aromatic heterocycles. The quantitative estimate of drug-likeness (QED) is 0.229. The number of carboxylic acid groups (broad SMARTS) is 1. The van der Waals surface area contributed by atoms with Gasteiger partial charge in [0.15, 0.2) is 0 Å². The second-order valence-corrected chi connectivity index (χ2v) is 15.8. The van der Waals surface area contributed by atoms with Crippen LogP contribution in [-0.4, -0.2) is 23.1 Å². The third kappa shape index (κ3) is 3.81. The fourth-order valence-electron chi connectivity index (χ4n) is 11.4. The smallest absolute Gasteiger partial charge is 0.331 e. The molecule has 5 rings (SSSR count). The Labute approximate surface area is 231 Å². The van der Waals surface area contributed by atoms with Crippen molar-refractivity contribution in [1.82, 2.24) is 0 Å². The van der Waals surface area contributed by atoms with E-state index in [-0.39, 0.29) is 27.8 Å². The second-order valence-electron chi connectivity index (χ2n) is 15.8. The van der Waals surface area contributed by atoms with Gasteiger partial charge in [-0.1, -0.05) is 67.0 Å². The molecule has 0 aromatic carbocycles. The monoisotopic (exact) mass is 524 g/mol. The Bertz CT molecular complexity index is 1050. The SMILES string of the molecule is C[C@@H]1CC[C@]2(C)CC[C@]3(C)C(=CCC4[C@@]5(C)CC[C@H](OC(=O)/C=C/C(=O)O)C(C)(C)C5CC[C@]43C)C2[C@H]1C. The molecule has 1 N–H and O–H groups in total. The van der Waals surface area contributed by atoms with E-state index in [4.69, 9.17) is 9.84 Å². The normalized spacial score (nSPS) is 49.6. The van der Waals surface area contributed by atoms with Gasteiger partial charge in [-0.3, -0.25) is 0 Å². The maximum Gasteiger partial charge on any atom is 0.331 e. The lowest BCUT2D eigenvalue weighted by molar-refractivity contribution is -0.211. The van der Waals surface area contributed by atoms with Gasteiger partial charge < -0.3 is 9.84 Å². The molecule has 0 spiro atoms. The molecule has 5 aliphatic rings. The zero-order valence-electron chi connectivity index (χ0n) is 25.2. The third-order valence-electron chi connectivity index (χ3n) is 14.0. The molecule has 0 saturated heterocycles. The molecular weight excluding hydrogens is 472 g/mol. The van der Waals surface area contributed by atoms with E-state index < -0.39 is 11.9 Å². The zero-order chi connectivity index (χ0) is 27.9. The number of ether oxygens (including phenoxy) is 1. The molecule has 3 unspecified atom stereocenters. The van der Waals surface area contributed by atoms with E-state index in [2.05, 4.69) is 61.5 Å². The molecule has 212 valence electrons. The van der Waals surface area contributed by atoms with E-state index in [9.17, 15) is 9.59 Å². The van der Waals surface area contributed by atoms with Gasteiger partial charge in [0.1, 0.15) is 6.10 Å². The molecule has 0 heterocycles. The standard InChI is InChI=1S/C34H52O4/c1-21-13-16-31(5)19-20-33(7)23(29(31)22(21)2)9-10-25-32(6)17-15-26(38-28(37)12-11-27(35)36)30(3,4)24(32)14-18-34(25,33)8/h9,11-12,21-22,24-26,29H,10,13-20H2,1-8H3,(H,35,36)/b12-11+/t21-,22+,24?,25?,26+,29?,31-,32+,33-,34-/m1/s1. The van der Waals surface area contributed by atoms with Gasteiger partial charge in [0, 0.05) is 17.6 Å². The lowest BCUT2D eigenvalue weighted by Crippen LogP contribution is -2.65. The minimum absolute atomic E-state index is 0.148. The van der Waals surface area contributed by atoms with Crippen LogP contribution < -0.4 is 0 Å². The van der Waals surface area contributed by atoms with Crippen molar-refractivity contribution in [3.8, 4) is 0 Å². The van der Waals surface area contributed by atoms with Crippen LogP contribution in [0.15, 0.2) is 23.8 Å². The highest BCUT2D eigenvalue weighted by Crippen LogP contribution is 2.75. The maximum atomic E-state index is 12.4. The van der Waals surface area contributed by atoms with Crippen LogP contribution in [0.2, 0.25) is 0 Å². The van der Waals surface area contributed by atoms with E-state index in [0.29, 0.717) is 17.3 Å². The van der Waals surface area contributed by atoms with Gasteiger partial charge in [-0.05, 0) is 109 Å². The summed E-state index contributed by atoms with van der Waals surface area (Å²) in [5, 5.41) is 8.90. The van der Waals surface area contributed by atoms with Crippen molar-refractivity contribution in [3.63, 3.8) is 0 Å². The Morgan fingerprint density at radius 2 is 1.61 bits per heavy atom. The molecule has 0 radical (unpaired) electrons. The Morgan fingerprint density at radius 3 is 2.29 bits per heavy atom. The molecule has 0 amide bonds. The van der Waals surface area contributed by atoms with E-state index >= 15 is 0 Å². The fourth-order valence-corrected chi connectivity index (χ4v) is 11.4. The lowest BCUT2D eigenvalue weighted by Gasteiger charge is -2.71. The highest BCUT2D eigenvalue weighted by molar-refractivity contribution is 5.90. The molecule has 4 nitrogen and oxygen atoms in total. The van der Waals surface area contributed by atoms with Crippen molar-refractivity contribution in [1.29, 1.82) is 0 Å². The van der Waals surface area contributed by atoms with E-state index in [1.807, 2.05) is 5.57 Å². The van der Waals surface area contributed by atoms with Crippen molar-refractivity contribution < 1.29 is 19.4 Å². The van der Waals surface area contributed by atoms with E-state index in [1.54, 1.807) is 0 Å². The summed E-state index contributed by atoms with van der Waals surface area (Å²) in [5.41, 5.74) is 2.87. The molecule has 5 aliphatic carbocycles. The summed E-state index contributed by atoms with van der Waals surface area (Å²) in [5.74, 6) is 1.73. The first kappa shape index (κ1) is 28.0. The van der Waals surface area contributed by atoms with Gasteiger partial charge >= 0.3 is 11.9 Å².